The van der Waals surface area contributed by atoms with Crippen molar-refractivity contribution in [1.29, 1.82) is 0 Å². The third kappa shape index (κ3) is 3.96. The maximum atomic E-state index is 13.2. The number of methoxy groups -OCH3 is 3. The molecule has 0 unspecified atom stereocenters. The van der Waals surface area contributed by atoms with Crippen LogP contribution in [0, 0.1) is 0 Å². The van der Waals surface area contributed by atoms with Crippen LogP contribution in [0.5, 0.6) is 28.7 Å². The number of pyridine rings is 1. The highest BCUT2D eigenvalue weighted by atomic mass is 16.7. The molecule has 0 saturated heterocycles. The van der Waals surface area contributed by atoms with E-state index in [1.165, 1.54) is 20.4 Å². The summed E-state index contributed by atoms with van der Waals surface area (Å²) in [4.78, 5) is 32.1. The van der Waals surface area contributed by atoms with Crippen molar-refractivity contribution in [2.24, 2.45) is 0 Å². The van der Waals surface area contributed by atoms with Gasteiger partial charge in [0.05, 0.1) is 32.9 Å². The van der Waals surface area contributed by atoms with Gasteiger partial charge in [0.1, 0.15) is 18.3 Å². The van der Waals surface area contributed by atoms with Gasteiger partial charge in [0.15, 0.2) is 23.0 Å². The van der Waals surface area contributed by atoms with Gasteiger partial charge in [-0.2, -0.15) is 0 Å². The maximum absolute atomic E-state index is 13.2. The zero-order valence-corrected chi connectivity index (χ0v) is 22.5. The van der Waals surface area contributed by atoms with E-state index < -0.39 is 24.1 Å². The minimum atomic E-state index is -0.675. The number of hydrogen-bond acceptors (Lipinski definition) is 11. The second-order valence-electron chi connectivity index (χ2n) is 9.55. The number of likely N-dealkylation sites (N-methyl/N-ethyl adjacent to an activating group) is 1. The van der Waals surface area contributed by atoms with Crippen molar-refractivity contribution < 1.29 is 42.7 Å². The number of hydrogen-bond donors (Lipinski definition) is 0. The van der Waals surface area contributed by atoms with Crippen molar-refractivity contribution in [2.45, 2.75) is 25.2 Å². The molecule has 11 heteroatoms. The summed E-state index contributed by atoms with van der Waals surface area (Å²) >= 11 is 0. The van der Waals surface area contributed by atoms with E-state index in [9.17, 15) is 9.59 Å². The molecule has 0 radical (unpaired) electrons. The first-order valence-electron chi connectivity index (χ1n) is 12.7. The number of ether oxygens (including phenoxy) is 7. The Kier molecular flexibility index (Phi) is 6.59. The van der Waals surface area contributed by atoms with Crippen LogP contribution in [-0.4, -0.2) is 63.5 Å². The molecule has 3 aliphatic rings. The molecule has 3 aromatic rings. The first kappa shape index (κ1) is 25.8. The van der Waals surface area contributed by atoms with Crippen LogP contribution >= 0.6 is 0 Å². The maximum Gasteiger partial charge on any atom is 0.343 e. The van der Waals surface area contributed by atoms with E-state index in [1.54, 1.807) is 31.5 Å². The number of benzene rings is 2. The second-order valence-corrected chi connectivity index (χ2v) is 9.55. The zero-order chi connectivity index (χ0) is 28.0. The monoisotopic (exact) mass is 548 g/mol. The van der Waals surface area contributed by atoms with Gasteiger partial charge in [0.25, 0.3) is 0 Å². The Balaban J connectivity index is 1.47. The summed E-state index contributed by atoms with van der Waals surface area (Å²) < 4.78 is 40.3. The van der Waals surface area contributed by atoms with Crippen LogP contribution in [-0.2, 0) is 22.5 Å². The molecule has 40 heavy (non-hydrogen) atoms. The predicted octanol–water partition coefficient (Wildman–Crippen LogP) is 3.63. The topological polar surface area (TPSA) is 115 Å². The molecule has 0 aliphatic carbocycles. The average molecular weight is 549 g/mol. The van der Waals surface area contributed by atoms with Crippen LogP contribution in [0.15, 0.2) is 36.7 Å². The number of rotatable bonds is 7. The quantitative estimate of drug-likeness (QED) is 0.403. The highest BCUT2D eigenvalue weighted by Crippen LogP contribution is 2.57. The molecule has 1 aromatic heterocycles. The van der Waals surface area contributed by atoms with Crippen molar-refractivity contribution in [2.75, 3.05) is 41.7 Å². The molecule has 4 heterocycles. The molecule has 6 rings (SSSR count). The minimum absolute atomic E-state index is 0.00309. The largest absolute Gasteiger partial charge is 0.493 e. The van der Waals surface area contributed by atoms with E-state index in [-0.39, 0.29) is 13.4 Å². The third-order valence-electron chi connectivity index (χ3n) is 7.57. The molecule has 0 saturated carbocycles. The average Bonchev–Trinajstić information content (AvgIpc) is 3.60. The van der Waals surface area contributed by atoms with Crippen LogP contribution in [0.2, 0.25) is 0 Å². The highest BCUT2D eigenvalue weighted by Gasteiger charge is 2.47. The number of cyclic esters (lactones) is 1. The van der Waals surface area contributed by atoms with E-state index in [4.69, 9.17) is 33.2 Å². The molecule has 0 bridgehead atoms. The van der Waals surface area contributed by atoms with Crippen molar-refractivity contribution in [3.05, 3.63) is 70.0 Å². The van der Waals surface area contributed by atoms with Crippen LogP contribution < -0.4 is 23.7 Å². The van der Waals surface area contributed by atoms with Crippen LogP contribution in [0.3, 0.4) is 0 Å². The van der Waals surface area contributed by atoms with E-state index in [0.29, 0.717) is 64.0 Å². The molecule has 2 atom stereocenters. The standard InChI is InChI=1S/C29H28N2O9/c1-31-11-9-16-18(13-37-28(32)15-6-5-10-30-12-15)24-27(39-14-38-24)26(36-4)20(16)22(31)23-17-7-8-19(34-2)25(35-3)21(17)29(33)40-23/h5-8,10,12,22-23H,9,11,13-14H2,1-4H3/t22-,23+/m0/s1. The molecule has 0 fully saturated rings. The Labute approximate surface area is 230 Å². The van der Waals surface area contributed by atoms with Crippen molar-refractivity contribution >= 4 is 11.9 Å². The van der Waals surface area contributed by atoms with E-state index in [2.05, 4.69) is 9.88 Å². The summed E-state index contributed by atoms with van der Waals surface area (Å²) in [5.41, 5.74) is 3.72. The van der Waals surface area contributed by atoms with Gasteiger partial charge >= 0.3 is 11.9 Å². The van der Waals surface area contributed by atoms with Crippen LogP contribution in [0.4, 0.5) is 0 Å². The van der Waals surface area contributed by atoms with Crippen molar-refractivity contribution in [1.82, 2.24) is 9.88 Å². The molecule has 0 amide bonds. The number of carbonyl (C=O) groups excluding carboxylic acids is 2. The van der Waals surface area contributed by atoms with Gasteiger partial charge < -0.3 is 33.2 Å². The lowest BCUT2D eigenvalue weighted by Gasteiger charge is -2.39. The first-order valence-corrected chi connectivity index (χ1v) is 12.7. The summed E-state index contributed by atoms with van der Waals surface area (Å²) in [5, 5.41) is 0. The van der Waals surface area contributed by atoms with E-state index in [0.717, 1.165) is 11.1 Å². The lowest BCUT2D eigenvalue weighted by Crippen LogP contribution is -2.37. The molecular formula is C29H28N2O9. The fourth-order valence-corrected chi connectivity index (χ4v) is 5.78. The lowest BCUT2D eigenvalue weighted by molar-refractivity contribution is 0.00846. The summed E-state index contributed by atoms with van der Waals surface area (Å²) in [6, 6.07) is 6.46. The SMILES string of the molecule is COc1ccc2c(c1OC)C(=O)O[C@H]2[C@@H]1c2c(c(COC(=O)c3cccnc3)c3c(c2OC)OCO3)CCN1C. The molecule has 0 spiro atoms. The molecule has 11 nitrogen and oxygen atoms in total. The van der Waals surface area contributed by atoms with Gasteiger partial charge in [-0.1, -0.05) is 6.07 Å². The summed E-state index contributed by atoms with van der Waals surface area (Å²) in [7, 11) is 6.53. The van der Waals surface area contributed by atoms with Gasteiger partial charge in [0, 0.05) is 35.6 Å². The Hall–Kier alpha value is -4.51. The molecule has 3 aliphatic heterocycles. The van der Waals surface area contributed by atoms with Gasteiger partial charge in [-0.15, -0.1) is 0 Å². The smallest absolute Gasteiger partial charge is 0.343 e. The number of carbonyl (C=O) groups is 2. The molecule has 2 aromatic carbocycles. The molecule has 0 N–H and O–H groups in total. The number of nitrogens with zero attached hydrogens (tertiary/aromatic N) is 2. The molecule has 208 valence electrons. The van der Waals surface area contributed by atoms with Crippen molar-refractivity contribution in [3.63, 3.8) is 0 Å². The normalized spacial score (nSPS) is 18.9. The fourth-order valence-electron chi connectivity index (χ4n) is 5.78. The Morgan fingerprint density at radius 2 is 1.88 bits per heavy atom. The fraction of sp³-hybridized carbons (Fsp3) is 0.345. The highest BCUT2D eigenvalue weighted by molar-refractivity contribution is 5.98. The van der Waals surface area contributed by atoms with Crippen LogP contribution in [0.1, 0.15) is 55.1 Å². The number of fused-ring (bicyclic) bond motifs is 3. The number of esters is 2. The van der Waals surface area contributed by atoms with Gasteiger partial charge in [-0.3, -0.25) is 9.88 Å². The number of aromatic nitrogens is 1. The zero-order valence-electron chi connectivity index (χ0n) is 22.5. The molecular weight excluding hydrogens is 520 g/mol. The second kappa shape index (κ2) is 10.2. The summed E-state index contributed by atoms with van der Waals surface area (Å²) in [5.74, 6) is 1.16. The summed E-state index contributed by atoms with van der Waals surface area (Å²) in [6.07, 6.45) is 2.99. The Morgan fingerprint density at radius 3 is 2.60 bits per heavy atom. The van der Waals surface area contributed by atoms with Crippen LogP contribution in [0.25, 0.3) is 0 Å². The van der Waals surface area contributed by atoms with E-state index >= 15 is 0 Å². The van der Waals surface area contributed by atoms with E-state index in [1.807, 2.05) is 13.1 Å². The predicted molar refractivity (Wildman–Crippen MR) is 139 cm³/mol. The van der Waals surface area contributed by atoms with Gasteiger partial charge in [-0.25, -0.2) is 9.59 Å². The minimum Gasteiger partial charge on any atom is -0.493 e. The summed E-state index contributed by atoms with van der Waals surface area (Å²) in [6.45, 7) is 0.589. The first-order chi connectivity index (χ1) is 19.5. The lowest BCUT2D eigenvalue weighted by atomic mass is 9.83. The van der Waals surface area contributed by atoms with Crippen molar-refractivity contribution in [3.8, 4) is 28.7 Å². The van der Waals surface area contributed by atoms with Gasteiger partial charge in [-0.05, 0) is 37.2 Å². The van der Waals surface area contributed by atoms with Gasteiger partial charge in [0.2, 0.25) is 12.5 Å². The third-order valence-corrected chi connectivity index (χ3v) is 7.57. The Morgan fingerprint density at radius 1 is 1.07 bits per heavy atom. The Bertz CT molecular complexity index is 1490.